The minimum atomic E-state index is -0.466. The lowest BCUT2D eigenvalue weighted by atomic mass is 10.1. The molecule has 0 aliphatic carbocycles. The molecule has 90 valence electrons. The van der Waals surface area contributed by atoms with E-state index in [9.17, 15) is 9.90 Å². The van der Waals surface area contributed by atoms with Gasteiger partial charge in [0, 0.05) is 26.7 Å². The second-order valence-corrected chi connectivity index (χ2v) is 4.38. The predicted molar refractivity (Wildman–Crippen MR) is 59.5 cm³/mol. The van der Waals surface area contributed by atoms with Gasteiger partial charge in [0.2, 0.25) is 5.91 Å². The van der Waals surface area contributed by atoms with E-state index >= 15 is 0 Å². The molecule has 2 atom stereocenters. The number of rotatable bonds is 7. The van der Waals surface area contributed by atoms with Crippen molar-refractivity contribution in [2.24, 2.45) is 11.8 Å². The van der Waals surface area contributed by atoms with Crippen LogP contribution in [0.4, 0.5) is 0 Å². The molecule has 15 heavy (non-hydrogen) atoms. The average molecular weight is 217 g/mol. The Kier molecular flexibility index (Phi) is 7.34. The fourth-order valence-corrected chi connectivity index (χ4v) is 1.19. The summed E-state index contributed by atoms with van der Waals surface area (Å²) >= 11 is 0. The number of hydrogen-bond acceptors (Lipinski definition) is 3. The highest BCUT2D eigenvalue weighted by atomic mass is 16.5. The smallest absolute Gasteiger partial charge is 0.220 e. The monoisotopic (exact) mass is 217 g/mol. The Labute approximate surface area is 92.0 Å². The van der Waals surface area contributed by atoms with Crippen LogP contribution < -0.4 is 5.32 Å². The second-order valence-electron chi connectivity index (χ2n) is 4.38. The summed E-state index contributed by atoms with van der Waals surface area (Å²) in [5.41, 5.74) is 0. The molecular formula is C11H23NO3. The quantitative estimate of drug-likeness (QED) is 0.663. The normalized spacial score (nSPS) is 15.1. The Bertz CT molecular complexity index is 183. The molecule has 0 radical (unpaired) electrons. The number of aliphatic hydroxyl groups is 1. The zero-order valence-corrected chi connectivity index (χ0v) is 10.1. The molecule has 2 unspecified atom stereocenters. The van der Waals surface area contributed by atoms with Crippen LogP contribution in [0.25, 0.3) is 0 Å². The summed E-state index contributed by atoms with van der Waals surface area (Å²) in [5, 5.41) is 12.2. The van der Waals surface area contributed by atoms with Crippen molar-refractivity contribution >= 4 is 5.91 Å². The fraction of sp³-hybridized carbons (Fsp3) is 0.909. The van der Waals surface area contributed by atoms with Crippen molar-refractivity contribution in [1.29, 1.82) is 0 Å². The van der Waals surface area contributed by atoms with Gasteiger partial charge in [-0.25, -0.2) is 0 Å². The van der Waals surface area contributed by atoms with Gasteiger partial charge in [-0.15, -0.1) is 0 Å². The summed E-state index contributed by atoms with van der Waals surface area (Å²) in [7, 11) is 1.62. The Balaban J connectivity index is 3.66. The van der Waals surface area contributed by atoms with Gasteiger partial charge >= 0.3 is 0 Å². The highest BCUT2D eigenvalue weighted by molar-refractivity contribution is 5.76. The maximum Gasteiger partial charge on any atom is 0.220 e. The van der Waals surface area contributed by atoms with Crippen molar-refractivity contribution in [1.82, 2.24) is 5.32 Å². The number of methoxy groups -OCH3 is 1. The van der Waals surface area contributed by atoms with Crippen LogP contribution in [-0.2, 0) is 9.53 Å². The van der Waals surface area contributed by atoms with Crippen LogP contribution in [0.2, 0.25) is 0 Å². The van der Waals surface area contributed by atoms with Crippen molar-refractivity contribution in [3.63, 3.8) is 0 Å². The molecular weight excluding hydrogens is 194 g/mol. The van der Waals surface area contributed by atoms with Gasteiger partial charge in [0.15, 0.2) is 0 Å². The number of ether oxygens (including phenoxy) is 1. The molecule has 0 saturated heterocycles. The van der Waals surface area contributed by atoms with Crippen LogP contribution in [0.5, 0.6) is 0 Å². The maximum atomic E-state index is 11.4. The molecule has 4 heteroatoms. The number of aliphatic hydroxyl groups excluding tert-OH is 1. The molecule has 0 saturated carbocycles. The van der Waals surface area contributed by atoms with E-state index in [1.807, 2.05) is 20.8 Å². The van der Waals surface area contributed by atoms with Crippen molar-refractivity contribution in [3.05, 3.63) is 0 Å². The molecule has 0 fully saturated rings. The van der Waals surface area contributed by atoms with E-state index in [0.29, 0.717) is 19.6 Å². The average Bonchev–Trinajstić information content (AvgIpc) is 2.14. The van der Waals surface area contributed by atoms with Crippen LogP contribution in [0.3, 0.4) is 0 Å². The van der Waals surface area contributed by atoms with E-state index in [2.05, 4.69) is 5.32 Å². The van der Waals surface area contributed by atoms with E-state index in [4.69, 9.17) is 4.74 Å². The van der Waals surface area contributed by atoms with Crippen molar-refractivity contribution < 1.29 is 14.6 Å². The summed E-state index contributed by atoms with van der Waals surface area (Å²) in [6, 6.07) is 0. The largest absolute Gasteiger partial charge is 0.391 e. The molecule has 0 aromatic rings. The lowest BCUT2D eigenvalue weighted by Crippen LogP contribution is -2.35. The first-order valence-electron chi connectivity index (χ1n) is 5.41. The molecule has 0 rings (SSSR count). The summed E-state index contributed by atoms with van der Waals surface area (Å²) < 4.78 is 4.94. The fourth-order valence-electron chi connectivity index (χ4n) is 1.19. The minimum absolute atomic E-state index is 0.0285. The first kappa shape index (κ1) is 14.4. The first-order chi connectivity index (χ1) is 6.97. The summed E-state index contributed by atoms with van der Waals surface area (Å²) in [6.07, 6.45) is -0.0229. The molecule has 0 aliphatic heterocycles. The Morgan fingerprint density at radius 1 is 1.40 bits per heavy atom. The van der Waals surface area contributed by atoms with Crippen LogP contribution in [0.15, 0.2) is 0 Å². The molecule has 2 N–H and O–H groups in total. The highest BCUT2D eigenvalue weighted by Gasteiger charge is 2.12. The first-order valence-corrected chi connectivity index (χ1v) is 5.41. The predicted octanol–water partition coefficient (Wildman–Crippen LogP) is 0.792. The van der Waals surface area contributed by atoms with Gasteiger partial charge < -0.3 is 15.2 Å². The number of carbonyl (C=O) groups is 1. The van der Waals surface area contributed by atoms with E-state index in [0.717, 1.165) is 0 Å². The van der Waals surface area contributed by atoms with Gasteiger partial charge in [-0.2, -0.15) is 0 Å². The topological polar surface area (TPSA) is 58.6 Å². The standard InChI is InChI=1S/C11H23NO3/c1-8(2)10(13)6-12-11(14)5-9(3)7-15-4/h8-10,13H,5-7H2,1-4H3,(H,12,14). The van der Waals surface area contributed by atoms with E-state index < -0.39 is 6.10 Å². The summed E-state index contributed by atoms with van der Waals surface area (Å²) in [5.74, 6) is 0.354. The van der Waals surface area contributed by atoms with E-state index in [-0.39, 0.29) is 17.7 Å². The third-order valence-electron chi connectivity index (χ3n) is 2.26. The summed E-state index contributed by atoms with van der Waals surface area (Å²) in [4.78, 5) is 11.4. The number of nitrogens with one attached hydrogen (secondary N) is 1. The van der Waals surface area contributed by atoms with E-state index in [1.54, 1.807) is 7.11 Å². The van der Waals surface area contributed by atoms with Gasteiger partial charge in [0.1, 0.15) is 0 Å². The molecule has 4 nitrogen and oxygen atoms in total. The van der Waals surface area contributed by atoms with Gasteiger partial charge in [0.25, 0.3) is 0 Å². The van der Waals surface area contributed by atoms with Crippen LogP contribution in [0.1, 0.15) is 27.2 Å². The highest BCUT2D eigenvalue weighted by Crippen LogP contribution is 2.02. The molecule has 0 bridgehead atoms. The zero-order valence-electron chi connectivity index (χ0n) is 10.1. The summed E-state index contributed by atoms with van der Waals surface area (Å²) in [6.45, 7) is 6.72. The van der Waals surface area contributed by atoms with Gasteiger partial charge in [-0.3, -0.25) is 4.79 Å². The SMILES string of the molecule is COCC(C)CC(=O)NCC(O)C(C)C. The molecule has 0 spiro atoms. The Hall–Kier alpha value is -0.610. The zero-order chi connectivity index (χ0) is 11.8. The number of carbonyl (C=O) groups excluding carboxylic acids is 1. The van der Waals surface area contributed by atoms with E-state index in [1.165, 1.54) is 0 Å². The minimum Gasteiger partial charge on any atom is -0.391 e. The lowest BCUT2D eigenvalue weighted by molar-refractivity contribution is -0.122. The molecule has 0 aromatic heterocycles. The van der Waals surface area contributed by atoms with Gasteiger partial charge in [-0.05, 0) is 11.8 Å². The molecule has 0 heterocycles. The number of hydrogen-bond donors (Lipinski definition) is 2. The molecule has 0 aromatic carbocycles. The Morgan fingerprint density at radius 2 is 2.00 bits per heavy atom. The van der Waals surface area contributed by atoms with Crippen LogP contribution >= 0.6 is 0 Å². The lowest BCUT2D eigenvalue weighted by Gasteiger charge is -2.16. The van der Waals surface area contributed by atoms with Crippen LogP contribution in [-0.4, -0.2) is 37.4 Å². The van der Waals surface area contributed by atoms with Crippen molar-refractivity contribution in [2.75, 3.05) is 20.3 Å². The van der Waals surface area contributed by atoms with Crippen molar-refractivity contribution in [3.8, 4) is 0 Å². The van der Waals surface area contributed by atoms with Crippen molar-refractivity contribution in [2.45, 2.75) is 33.3 Å². The second kappa shape index (κ2) is 7.65. The van der Waals surface area contributed by atoms with Gasteiger partial charge in [0.05, 0.1) is 6.10 Å². The molecule has 1 amide bonds. The third kappa shape index (κ3) is 7.33. The Morgan fingerprint density at radius 3 is 2.47 bits per heavy atom. The maximum absolute atomic E-state index is 11.4. The van der Waals surface area contributed by atoms with Gasteiger partial charge in [-0.1, -0.05) is 20.8 Å². The number of amides is 1. The molecule has 0 aliphatic rings. The third-order valence-corrected chi connectivity index (χ3v) is 2.26. The van der Waals surface area contributed by atoms with Crippen LogP contribution in [0, 0.1) is 11.8 Å².